The SMILES string of the molecule is C[C@@H](N)c1ccc(OCc2cc(F)ccc2F)cc1. The summed E-state index contributed by atoms with van der Waals surface area (Å²) in [5.74, 6) is -0.367. The largest absolute Gasteiger partial charge is 0.489 e. The van der Waals surface area contributed by atoms with E-state index < -0.39 is 11.6 Å². The Morgan fingerprint density at radius 1 is 1.11 bits per heavy atom. The number of rotatable bonds is 4. The fraction of sp³-hybridized carbons (Fsp3) is 0.200. The lowest BCUT2D eigenvalue weighted by molar-refractivity contribution is 0.299. The second-order valence-electron chi connectivity index (χ2n) is 4.38. The summed E-state index contributed by atoms with van der Waals surface area (Å²) < 4.78 is 31.8. The Hall–Kier alpha value is -1.94. The van der Waals surface area contributed by atoms with Crippen molar-refractivity contribution in [1.29, 1.82) is 0 Å². The molecule has 2 aromatic carbocycles. The van der Waals surface area contributed by atoms with Crippen molar-refractivity contribution in [3.05, 3.63) is 65.2 Å². The average Bonchev–Trinajstić information content (AvgIpc) is 2.40. The number of hydrogen-bond donors (Lipinski definition) is 1. The number of ether oxygens (including phenoxy) is 1. The van der Waals surface area contributed by atoms with Gasteiger partial charge in [-0.1, -0.05) is 12.1 Å². The van der Waals surface area contributed by atoms with Gasteiger partial charge in [0.25, 0.3) is 0 Å². The fourth-order valence-corrected chi connectivity index (χ4v) is 1.68. The highest BCUT2D eigenvalue weighted by Crippen LogP contribution is 2.18. The smallest absolute Gasteiger partial charge is 0.130 e. The molecule has 0 unspecified atom stereocenters. The second-order valence-corrected chi connectivity index (χ2v) is 4.38. The predicted octanol–water partition coefficient (Wildman–Crippen LogP) is 3.56. The normalized spacial score (nSPS) is 12.2. The minimum Gasteiger partial charge on any atom is -0.489 e. The third kappa shape index (κ3) is 3.51. The quantitative estimate of drug-likeness (QED) is 0.915. The minimum absolute atomic E-state index is 0.0128. The van der Waals surface area contributed by atoms with E-state index in [2.05, 4.69) is 0 Å². The van der Waals surface area contributed by atoms with Crippen molar-refractivity contribution in [2.45, 2.75) is 19.6 Å². The summed E-state index contributed by atoms with van der Waals surface area (Å²) >= 11 is 0. The van der Waals surface area contributed by atoms with Gasteiger partial charge in [-0.2, -0.15) is 0 Å². The van der Waals surface area contributed by atoms with E-state index in [1.807, 2.05) is 19.1 Å². The molecule has 0 bridgehead atoms. The summed E-state index contributed by atoms with van der Waals surface area (Å²) in [5, 5.41) is 0. The molecule has 4 heteroatoms. The molecule has 0 saturated carbocycles. The second kappa shape index (κ2) is 5.80. The summed E-state index contributed by atoms with van der Waals surface area (Å²) in [6.45, 7) is 1.87. The zero-order valence-corrected chi connectivity index (χ0v) is 10.6. The van der Waals surface area contributed by atoms with E-state index in [4.69, 9.17) is 10.5 Å². The van der Waals surface area contributed by atoms with Gasteiger partial charge in [0.15, 0.2) is 0 Å². The van der Waals surface area contributed by atoms with Crippen molar-refractivity contribution in [3.63, 3.8) is 0 Å². The van der Waals surface area contributed by atoms with Gasteiger partial charge in [-0.3, -0.25) is 0 Å². The third-order valence-electron chi connectivity index (χ3n) is 2.81. The summed E-state index contributed by atoms with van der Waals surface area (Å²) in [6.07, 6.45) is 0. The van der Waals surface area contributed by atoms with Crippen molar-refractivity contribution >= 4 is 0 Å². The first-order chi connectivity index (χ1) is 9.06. The summed E-state index contributed by atoms with van der Waals surface area (Å²) in [5.41, 5.74) is 6.91. The van der Waals surface area contributed by atoms with Crippen LogP contribution in [0.4, 0.5) is 8.78 Å². The number of halogens is 2. The molecule has 2 nitrogen and oxygen atoms in total. The standard InChI is InChI=1S/C15H15F2NO/c1-10(18)11-2-5-14(6-3-11)19-9-12-8-13(16)4-7-15(12)17/h2-8,10H,9,18H2,1H3/t10-/m1/s1. The molecule has 100 valence electrons. The Morgan fingerprint density at radius 3 is 2.42 bits per heavy atom. The van der Waals surface area contributed by atoms with Gasteiger partial charge < -0.3 is 10.5 Å². The van der Waals surface area contributed by atoms with Crippen molar-refractivity contribution < 1.29 is 13.5 Å². The van der Waals surface area contributed by atoms with E-state index in [9.17, 15) is 8.78 Å². The maximum absolute atomic E-state index is 13.4. The first kappa shape index (κ1) is 13.5. The minimum atomic E-state index is -0.479. The third-order valence-corrected chi connectivity index (χ3v) is 2.81. The highest BCUT2D eigenvalue weighted by molar-refractivity contribution is 5.29. The van der Waals surface area contributed by atoms with E-state index in [1.54, 1.807) is 12.1 Å². The van der Waals surface area contributed by atoms with Crippen LogP contribution in [0.3, 0.4) is 0 Å². The molecule has 0 spiro atoms. The molecule has 1 atom stereocenters. The highest BCUT2D eigenvalue weighted by Gasteiger charge is 2.05. The van der Waals surface area contributed by atoms with Crippen LogP contribution in [0.1, 0.15) is 24.1 Å². The molecule has 0 radical (unpaired) electrons. The Bertz CT molecular complexity index is 553. The van der Waals surface area contributed by atoms with Gasteiger partial charge >= 0.3 is 0 Å². The monoisotopic (exact) mass is 263 g/mol. The average molecular weight is 263 g/mol. The molecule has 0 aromatic heterocycles. The zero-order valence-electron chi connectivity index (χ0n) is 10.6. The van der Waals surface area contributed by atoms with Gasteiger partial charge in [-0.25, -0.2) is 8.78 Å². The fourth-order valence-electron chi connectivity index (χ4n) is 1.68. The Morgan fingerprint density at radius 2 is 1.79 bits per heavy atom. The number of benzene rings is 2. The molecule has 0 aliphatic heterocycles. The lowest BCUT2D eigenvalue weighted by atomic mass is 10.1. The molecule has 2 rings (SSSR count). The van der Waals surface area contributed by atoms with Gasteiger partial charge in [0.2, 0.25) is 0 Å². The zero-order chi connectivity index (χ0) is 13.8. The highest BCUT2D eigenvalue weighted by atomic mass is 19.1. The van der Waals surface area contributed by atoms with Crippen molar-refractivity contribution in [2.24, 2.45) is 5.73 Å². The van der Waals surface area contributed by atoms with Gasteiger partial charge in [0, 0.05) is 11.6 Å². The summed E-state index contributed by atoms with van der Waals surface area (Å²) in [4.78, 5) is 0. The van der Waals surface area contributed by atoms with Crippen molar-refractivity contribution in [2.75, 3.05) is 0 Å². The van der Waals surface area contributed by atoms with Crippen molar-refractivity contribution in [3.8, 4) is 5.75 Å². The Balaban J connectivity index is 2.04. The molecule has 0 amide bonds. The van der Waals surface area contributed by atoms with Gasteiger partial charge in [-0.05, 0) is 42.8 Å². The molecule has 0 aliphatic carbocycles. The van der Waals surface area contributed by atoms with Gasteiger partial charge in [0.05, 0.1) is 0 Å². The molecular weight excluding hydrogens is 248 g/mol. The van der Waals surface area contributed by atoms with Crippen LogP contribution in [-0.4, -0.2) is 0 Å². The van der Waals surface area contributed by atoms with E-state index in [0.717, 1.165) is 23.8 Å². The Labute approximate surface area is 110 Å². The first-order valence-electron chi connectivity index (χ1n) is 5.98. The number of hydrogen-bond acceptors (Lipinski definition) is 2. The van der Waals surface area contributed by atoms with Gasteiger partial charge in [-0.15, -0.1) is 0 Å². The molecule has 19 heavy (non-hydrogen) atoms. The summed E-state index contributed by atoms with van der Waals surface area (Å²) in [7, 11) is 0. The topological polar surface area (TPSA) is 35.2 Å². The van der Waals surface area contributed by atoms with Crippen LogP contribution in [0.2, 0.25) is 0 Å². The molecule has 0 saturated heterocycles. The van der Waals surface area contributed by atoms with Crippen LogP contribution in [0, 0.1) is 11.6 Å². The number of nitrogens with two attached hydrogens (primary N) is 1. The predicted molar refractivity (Wildman–Crippen MR) is 69.7 cm³/mol. The van der Waals surface area contributed by atoms with Crippen molar-refractivity contribution in [1.82, 2.24) is 0 Å². The van der Waals surface area contributed by atoms with Crippen LogP contribution in [0.25, 0.3) is 0 Å². The molecule has 2 aromatic rings. The molecule has 0 heterocycles. The maximum atomic E-state index is 13.4. The van der Waals surface area contributed by atoms with Crippen LogP contribution >= 0.6 is 0 Å². The molecule has 2 N–H and O–H groups in total. The van der Waals surface area contributed by atoms with Crippen LogP contribution in [0.15, 0.2) is 42.5 Å². The Kier molecular flexibility index (Phi) is 4.12. The van der Waals surface area contributed by atoms with Gasteiger partial charge in [0.1, 0.15) is 24.0 Å². The molecular formula is C15H15F2NO. The van der Waals surface area contributed by atoms with Crippen LogP contribution in [0.5, 0.6) is 5.75 Å². The van der Waals surface area contributed by atoms with E-state index in [0.29, 0.717) is 5.75 Å². The molecule has 0 aliphatic rings. The maximum Gasteiger partial charge on any atom is 0.130 e. The summed E-state index contributed by atoms with van der Waals surface area (Å²) in [6, 6.07) is 10.5. The lowest BCUT2D eigenvalue weighted by Crippen LogP contribution is -2.04. The first-order valence-corrected chi connectivity index (χ1v) is 5.98. The molecule has 0 fully saturated rings. The van der Waals surface area contributed by atoms with E-state index in [1.165, 1.54) is 0 Å². The lowest BCUT2D eigenvalue weighted by Gasteiger charge is -2.09. The van der Waals surface area contributed by atoms with E-state index in [-0.39, 0.29) is 18.2 Å². The van der Waals surface area contributed by atoms with E-state index >= 15 is 0 Å². The van der Waals surface area contributed by atoms with Crippen LogP contribution < -0.4 is 10.5 Å². The van der Waals surface area contributed by atoms with Crippen LogP contribution in [-0.2, 0) is 6.61 Å².